The third-order valence-electron chi connectivity index (χ3n) is 3.64. The molecule has 0 aliphatic carbocycles. The monoisotopic (exact) mass is 322 g/mol. The fourth-order valence-electron chi connectivity index (χ4n) is 2.20. The van der Waals surface area contributed by atoms with E-state index in [1.807, 2.05) is 20.8 Å². The zero-order chi connectivity index (χ0) is 17.2. The third kappa shape index (κ3) is 4.10. The second kappa shape index (κ2) is 6.41. The molecule has 1 aliphatic heterocycles. The first kappa shape index (κ1) is 17.0. The van der Waals surface area contributed by atoms with Crippen molar-refractivity contribution in [1.29, 1.82) is 0 Å². The number of nitro groups is 1. The van der Waals surface area contributed by atoms with Crippen LogP contribution in [0.4, 0.5) is 17.1 Å². The van der Waals surface area contributed by atoms with Crippen molar-refractivity contribution in [3.63, 3.8) is 0 Å². The fourth-order valence-corrected chi connectivity index (χ4v) is 2.20. The molecule has 1 saturated heterocycles. The summed E-state index contributed by atoms with van der Waals surface area (Å²) in [5.74, 6) is -0.259. The minimum absolute atomic E-state index is 0.0912. The van der Waals surface area contributed by atoms with Gasteiger partial charge in [-0.15, -0.1) is 5.06 Å². The van der Waals surface area contributed by atoms with Crippen molar-refractivity contribution in [2.75, 3.05) is 36.8 Å². The molecule has 126 valence electrons. The number of benzene rings is 1. The normalized spacial score (nSPS) is 16.2. The van der Waals surface area contributed by atoms with Crippen LogP contribution in [-0.4, -0.2) is 42.1 Å². The summed E-state index contributed by atoms with van der Waals surface area (Å²) in [4.78, 5) is 29.6. The lowest BCUT2D eigenvalue weighted by Gasteiger charge is -2.35. The predicted octanol–water partition coefficient (Wildman–Crippen LogP) is 1.80. The maximum atomic E-state index is 11.9. The summed E-state index contributed by atoms with van der Waals surface area (Å²) in [7, 11) is 0. The van der Waals surface area contributed by atoms with Crippen LogP contribution in [0.2, 0.25) is 0 Å². The Morgan fingerprint density at radius 1 is 1.26 bits per heavy atom. The Bertz CT molecular complexity index is 604. The standard InChI is InChI=1S/C15H22N4O4/c1-15(2,3)14(20)23-18-8-6-17(7-9-18)11-4-5-13(19(21)22)12(16)10-11/h4-5,10H,6-9,16H2,1-3H3. The zero-order valence-corrected chi connectivity index (χ0v) is 13.6. The molecular formula is C15H22N4O4. The Morgan fingerprint density at radius 2 is 1.87 bits per heavy atom. The molecule has 0 bridgehead atoms. The maximum Gasteiger partial charge on any atom is 0.330 e. The number of nitrogens with zero attached hydrogens (tertiary/aromatic N) is 3. The van der Waals surface area contributed by atoms with Gasteiger partial charge in [0.1, 0.15) is 5.69 Å². The largest absolute Gasteiger partial charge is 0.393 e. The van der Waals surface area contributed by atoms with Crippen LogP contribution in [0.5, 0.6) is 0 Å². The molecule has 1 aliphatic rings. The van der Waals surface area contributed by atoms with E-state index in [4.69, 9.17) is 10.6 Å². The second-order valence-corrected chi connectivity index (χ2v) is 6.55. The lowest BCUT2D eigenvalue weighted by Crippen LogP contribution is -2.48. The van der Waals surface area contributed by atoms with Crippen molar-refractivity contribution in [3.8, 4) is 0 Å². The molecule has 23 heavy (non-hydrogen) atoms. The lowest BCUT2D eigenvalue weighted by molar-refractivity contribution is -0.383. The molecule has 2 rings (SSSR count). The molecule has 0 radical (unpaired) electrons. The molecule has 8 nitrogen and oxygen atoms in total. The van der Waals surface area contributed by atoms with E-state index in [1.165, 1.54) is 6.07 Å². The maximum absolute atomic E-state index is 11.9. The summed E-state index contributed by atoms with van der Waals surface area (Å²) in [6.45, 7) is 7.86. The molecule has 1 aromatic rings. The zero-order valence-electron chi connectivity index (χ0n) is 13.6. The molecule has 2 N–H and O–H groups in total. The van der Waals surface area contributed by atoms with E-state index in [2.05, 4.69) is 4.90 Å². The van der Waals surface area contributed by atoms with Crippen LogP contribution in [0.25, 0.3) is 0 Å². The van der Waals surface area contributed by atoms with Crippen LogP contribution < -0.4 is 10.6 Å². The summed E-state index contributed by atoms with van der Waals surface area (Å²) in [5, 5.41) is 12.4. The summed E-state index contributed by atoms with van der Waals surface area (Å²) in [6, 6.07) is 4.71. The summed E-state index contributed by atoms with van der Waals surface area (Å²) >= 11 is 0. The molecule has 0 aromatic heterocycles. The van der Waals surface area contributed by atoms with Crippen molar-refractivity contribution in [3.05, 3.63) is 28.3 Å². The molecule has 1 fully saturated rings. The van der Waals surface area contributed by atoms with Gasteiger partial charge in [-0.3, -0.25) is 10.1 Å². The highest BCUT2D eigenvalue weighted by molar-refractivity contribution is 5.75. The van der Waals surface area contributed by atoms with Gasteiger partial charge in [0.2, 0.25) is 0 Å². The van der Waals surface area contributed by atoms with Crippen LogP contribution >= 0.6 is 0 Å². The summed E-state index contributed by atoms with van der Waals surface area (Å²) in [6.07, 6.45) is 0. The van der Waals surface area contributed by atoms with Gasteiger partial charge >= 0.3 is 5.97 Å². The number of hydroxylamine groups is 2. The molecule has 0 saturated carbocycles. The molecule has 0 spiro atoms. The van der Waals surface area contributed by atoms with Crippen LogP contribution in [-0.2, 0) is 9.63 Å². The smallest absolute Gasteiger partial charge is 0.330 e. The lowest BCUT2D eigenvalue weighted by atomic mass is 9.98. The van der Waals surface area contributed by atoms with Crippen molar-refractivity contribution < 1.29 is 14.6 Å². The highest BCUT2D eigenvalue weighted by Crippen LogP contribution is 2.27. The SMILES string of the molecule is CC(C)(C)C(=O)ON1CCN(c2ccc([N+](=O)[O-])c(N)c2)CC1. The molecule has 0 amide bonds. The van der Waals surface area contributed by atoms with Crippen molar-refractivity contribution in [2.45, 2.75) is 20.8 Å². The van der Waals surface area contributed by atoms with Crippen LogP contribution in [0, 0.1) is 15.5 Å². The average molecular weight is 322 g/mol. The minimum atomic E-state index is -0.538. The van der Waals surface area contributed by atoms with Gasteiger partial charge in [0.25, 0.3) is 5.69 Å². The second-order valence-electron chi connectivity index (χ2n) is 6.55. The Labute approximate surface area is 134 Å². The van der Waals surface area contributed by atoms with E-state index >= 15 is 0 Å². The number of hydrogen-bond acceptors (Lipinski definition) is 7. The number of rotatable bonds is 3. The molecular weight excluding hydrogens is 300 g/mol. The van der Waals surface area contributed by atoms with E-state index in [9.17, 15) is 14.9 Å². The number of nitro benzene ring substituents is 1. The number of nitrogens with two attached hydrogens (primary N) is 1. The fraction of sp³-hybridized carbons (Fsp3) is 0.533. The van der Waals surface area contributed by atoms with Gasteiger partial charge in [-0.05, 0) is 32.9 Å². The Kier molecular flexibility index (Phi) is 4.74. The number of nitrogen functional groups attached to an aromatic ring is 1. The van der Waals surface area contributed by atoms with Gasteiger partial charge in [-0.2, -0.15) is 0 Å². The van der Waals surface area contributed by atoms with Crippen molar-refractivity contribution in [2.24, 2.45) is 5.41 Å². The van der Waals surface area contributed by atoms with Gasteiger partial charge in [0, 0.05) is 24.8 Å². The Balaban J connectivity index is 1.96. The molecule has 8 heteroatoms. The quantitative estimate of drug-likeness (QED) is 0.514. The van der Waals surface area contributed by atoms with Crippen molar-refractivity contribution >= 4 is 23.0 Å². The van der Waals surface area contributed by atoms with Crippen molar-refractivity contribution in [1.82, 2.24) is 5.06 Å². The van der Waals surface area contributed by atoms with Gasteiger partial charge < -0.3 is 15.5 Å². The minimum Gasteiger partial charge on any atom is -0.393 e. The van der Waals surface area contributed by atoms with Crippen LogP contribution in [0.15, 0.2) is 18.2 Å². The van der Waals surface area contributed by atoms with Crippen LogP contribution in [0.1, 0.15) is 20.8 Å². The average Bonchev–Trinajstić information content (AvgIpc) is 2.46. The van der Waals surface area contributed by atoms with E-state index in [-0.39, 0.29) is 17.3 Å². The predicted molar refractivity (Wildman–Crippen MR) is 86.8 cm³/mol. The third-order valence-corrected chi connectivity index (χ3v) is 3.64. The van der Waals surface area contributed by atoms with Gasteiger partial charge in [0.05, 0.1) is 23.4 Å². The number of anilines is 2. The van der Waals surface area contributed by atoms with Gasteiger partial charge in [-0.1, -0.05) is 0 Å². The van der Waals surface area contributed by atoms with E-state index < -0.39 is 10.3 Å². The van der Waals surface area contributed by atoms with E-state index in [1.54, 1.807) is 17.2 Å². The van der Waals surface area contributed by atoms with Crippen LogP contribution in [0.3, 0.4) is 0 Å². The molecule has 0 atom stereocenters. The number of carbonyl (C=O) groups is 1. The Morgan fingerprint density at radius 3 is 2.35 bits per heavy atom. The first-order valence-electron chi connectivity index (χ1n) is 7.44. The van der Waals surface area contributed by atoms with Gasteiger partial charge in [0.15, 0.2) is 0 Å². The van der Waals surface area contributed by atoms with Gasteiger partial charge in [-0.25, -0.2) is 4.79 Å². The number of hydrogen-bond donors (Lipinski definition) is 1. The number of piperazine rings is 1. The van der Waals surface area contributed by atoms with E-state index in [0.717, 1.165) is 5.69 Å². The molecule has 1 aromatic carbocycles. The first-order chi connectivity index (χ1) is 10.7. The molecule has 1 heterocycles. The molecule has 0 unspecified atom stereocenters. The highest BCUT2D eigenvalue weighted by Gasteiger charge is 2.28. The summed E-state index contributed by atoms with van der Waals surface area (Å²) in [5.41, 5.74) is 6.07. The highest BCUT2D eigenvalue weighted by atomic mass is 16.7. The Hall–Kier alpha value is -2.35. The first-order valence-corrected chi connectivity index (χ1v) is 7.44. The topological polar surface area (TPSA) is 102 Å². The number of carbonyl (C=O) groups excluding carboxylic acids is 1. The van der Waals surface area contributed by atoms with E-state index in [0.29, 0.717) is 26.2 Å². The summed E-state index contributed by atoms with van der Waals surface area (Å²) < 4.78 is 0.